The molecule has 1 N–H and O–H groups in total. The largest absolute Gasteiger partial charge is 0.313 e. The Hall–Kier alpha value is -0.0400. The minimum absolute atomic E-state index is 0.435. The van der Waals surface area contributed by atoms with E-state index >= 15 is 0 Å². The van der Waals surface area contributed by atoms with Crippen LogP contribution >= 0.6 is 0 Å². The molecule has 0 amide bonds. The monoisotopic (exact) mass is 209 g/mol. The lowest BCUT2D eigenvalue weighted by molar-refractivity contribution is 0.222. The molecular formula is C14H27N. The topological polar surface area (TPSA) is 12.0 Å². The molecule has 0 aromatic heterocycles. The SMILES string of the molecule is CCCNC(C1C2CCCC21)C(C)(C)C. The summed E-state index contributed by atoms with van der Waals surface area (Å²) in [5, 5.41) is 3.80. The molecule has 2 aliphatic rings. The molecule has 2 rings (SSSR count). The average Bonchev–Trinajstić information content (AvgIpc) is 2.59. The van der Waals surface area contributed by atoms with Gasteiger partial charge in [-0.15, -0.1) is 0 Å². The van der Waals surface area contributed by atoms with Crippen molar-refractivity contribution in [3.05, 3.63) is 0 Å². The molecule has 0 radical (unpaired) electrons. The molecule has 0 aliphatic heterocycles. The van der Waals surface area contributed by atoms with Crippen LogP contribution < -0.4 is 5.32 Å². The lowest BCUT2D eigenvalue weighted by atomic mass is 9.81. The Morgan fingerprint density at radius 1 is 1.20 bits per heavy atom. The number of hydrogen-bond acceptors (Lipinski definition) is 1. The van der Waals surface area contributed by atoms with Crippen molar-refractivity contribution in [3.63, 3.8) is 0 Å². The van der Waals surface area contributed by atoms with E-state index in [9.17, 15) is 0 Å². The lowest BCUT2D eigenvalue weighted by Gasteiger charge is -2.33. The summed E-state index contributed by atoms with van der Waals surface area (Å²) in [6, 6.07) is 0.757. The number of fused-ring (bicyclic) bond motifs is 1. The van der Waals surface area contributed by atoms with Crippen LogP contribution in [0.3, 0.4) is 0 Å². The van der Waals surface area contributed by atoms with Gasteiger partial charge in [-0.25, -0.2) is 0 Å². The van der Waals surface area contributed by atoms with E-state index in [4.69, 9.17) is 0 Å². The predicted molar refractivity (Wildman–Crippen MR) is 65.9 cm³/mol. The third-order valence-electron chi connectivity index (χ3n) is 4.40. The van der Waals surface area contributed by atoms with Gasteiger partial charge in [0.25, 0.3) is 0 Å². The molecular weight excluding hydrogens is 182 g/mol. The van der Waals surface area contributed by atoms with Gasteiger partial charge in [0.15, 0.2) is 0 Å². The molecule has 1 nitrogen and oxygen atoms in total. The van der Waals surface area contributed by atoms with Gasteiger partial charge in [0, 0.05) is 6.04 Å². The summed E-state index contributed by atoms with van der Waals surface area (Å²) >= 11 is 0. The molecule has 15 heavy (non-hydrogen) atoms. The highest BCUT2D eigenvalue weighted by Gasteiger charge is 2.57. The van der Waals surface area contributed by atoms with Gasteiger partial charge in [-0.2, -0.15) is 0 Å². The first-order chi connectivity index (χ1) is 7.05. The Morgan fingerprint density at radius 2 is 1.80 bits per heavy atom. The average molecular weight is 209 g/mol. The molecule has 3 atom stereocenters. The second-order valence-corrected chi connectivity index (χ2v) is 6.63. The van der Waals surface area contributed by atoms with Crippen LogP contribution in [0.15, 0.2) is 0 Å². The quantitative estimate of drug-likeness (QED) is 0.748. The zero-order valence-electron chi connectivity index (χ0n) is 10.8. The van der Waals surface area contributed by atoms with Crippen molar-refractivity contribution in [1.29, 1.82) is 0 Å². The van der Waals surface area contributed by atoms with Gasteiger partial charge in [0.2, 0.25) is 0 Å². The zero-order chi connectivity index (χ0) is 11.1. The molecule has 2 saturated carbocycles. The lowest BCUT2D eigenvalue weighted by Crippen LogP contribution is -2.43. The van der Waals surface area contributed by atoms with Crippen LogP contribution in [0.2, 0.25) is 0 Å². The normalized spacial score (nSPS) is 36.4. The van der Waals surface area contributed by atoms with Gasteiger partial charge >= 0.3 is 0 Å². The highest BCUT2D eigenvalue weighted by atomic mass is 15.0. The summed E-state index contributed by atoms with van der Waals surface area (Å²) in [5.74, 6) is 3.17. The molecule has 0 spiro atoms. The Morgan fingerprint density at radius 3 is 2.27 bits per heavy atom. The molecule has 3 unspecified atom stereocenters. The third kappa shape index (κ3) is 2.22. The van der Waals surface area contributed by atoms with Crippen LogP contribution in [0.1, 0.15) is 53.4 Å². The summed E-state index contributed by atoms with van der Waals surface area (Å²) in [7, 11) is 0. The smallest absolute Gasteiger partial charge is 0.0149 e. The molecule has 2 aliphatic carbocycles. The van der Waals surface area contributed by atoms with Crippen LogP contribution in [0.4, 0.5) is 0 Å². The van der Waals surface area contributed by atoms with E-state index in [0.29, 0.717) is 5.41 Å². The molecule has 2 fully saturated rings. The number of hydrogen-bond donors (Lipinski definition) is 1. The van der Waals surface area contributed by atoms with E-state index in [1.807, 2.05) is 0 Å². The minimum Gasteiger partial charge on any atom is -0.313 e. The first-order valence-electron chi connectivity index (χ1n) is 6.79. The molecule has 1 heteroatoms. The first kappa shape index (κ1) is 11.4. The Kier molecular flexibility index (Phi) is 3.12. The maximum atomic E-state index is 3.80. The fourth-order valence-electron chi connectivity index (χ4n) is 3.69. The summed E-state index contributed by atoms with van der Waals surface area (Å²) in [6.07, 6.45) is 5.77. The van der Waals surface area contributed by atoms with Crippen molar-refractivity contribution < 1.29 is 0 Å². The van der Waals surface area contributed by atoms with Crippen LogP contribution in [0.25, 0.3) is 0 Å². The van der Waals surface area contributed by atoms with E-state index < -0.39 is 0 Å². The fraction of sp³-hybridized carbons (Fsp3) is 1.00. The van der Waals surface area contributed by atoms with Gasteiger partial charge in [-0.3, -0.25) is 0 Å². The second-order valence-electron chi connectivity index (χ2n) is 6.63. The van der Waals surface area contributed by atoms with E-state index in [2.05, 4.69) is 33.0 Å². The highest BCUT2D eigenvalue weighted by Crippen LogP contribution is 2.60. The van der Waals surface area contributed by atoms with E-state index in [-0.39, 0.29) is 0 Å². The van der Waals surface area contributed by atoms with Crippen molar-refractivity contribution in [3.8, 4) is 0 Å². The van der Waals surface area contributed by atoms with Gasteiger partial charge in [-0.05, 0) is 49.0 Å². The molecule has 0 aromatic rings. The minimum atomic E-state index is 0.435. The summed E-state index contributed by atoms with van der Waals surface area (Å²) < 4.78 is 0. The van der Waals surface area contributed by atoms with Gasteiger partial charge in [0.1, 0.15) is 0 Å². The Balaban J connectivity index is 1.94. The van der Waals surface area contributed by atoms with E-state index in [1.165, 1.54) is 32.2 Å². The van der Waals surface area contributed by atoms with Crippen molar-refractivity contribution in [2.75, 3.05) is 6.54 Å². The second kappa shape index (κ2) is 4.08. The van der Waals surface area contributed by atoms with Crippen molar-refractivity contribution >= 4 is 0 Å². The predicted octanol–water partition coefficient (Wildman–Crippen LogP) is 3.45. The van der Waals surface area contributed by atoms with Crippen molar-refractivity contribution in [2.24, 2.45) is 23.2 Å². The van der Waals surface area contributed by atoms with Gasteiger partial charge in [-0.1, -0.05) is 34.1 Å². The number of rotatable bonds is 4. The molecule has 0 saturated heterocycles. The van der Waals surface area contributed by atoms with Crippen LogP contribution in [-0.2, 0) is 0 Å². The summed E-state index contributed by atoms with van der Waals surface area (Å²) in [6.45, 7) is 10.6. The first-order valence-corrected chi connectivity index (χ1v) is 6.79. The number of nitrogens with one attached hydrogen (secondary N) is 1. The van der Waals surface area contributed by atoms with Crippen molar-refractivity contribution in [2.45, 2.75) is 59.4 Å². The maximum Gasteiger partial charge on any atom is 0.0149 e. The zero-order valence-corrected chi connectivity index (χ0v) is 10.8. The van der Waals surface area contributed by atoms with Crippen LogP contribution in [-0.4, -0.2) is 12.6 Å². The standard InChI is InChI=1S/C14H27N/c1-5-9-15-13(14(2,3)4)12-10-7-6-8-11(10)12/h10-13,15H,5-9H2,1-4H3. The van der Waals surface area contributed by atoms with Gasteiger partial charge < -0.3 is 5.32 Å². The van der Waals surface area contributed by atoms with Crippen LogP contribution in [0, 0.1) is 23.2 Å². The maximum absolute atomic E-state index is 3.80. The summed E-state index contributed by atoms with van der Waals surface area (Å²) in [4.78, 5) is 0. The molecule has 0 heterocycles. The van der Waals surface area contributed by atoms with E-state index in [0.717, 1.165) is 23.8 Å². The van der Waals surface area contributed by atoms with E-state index in [1.54, 1.807) is 0 Å². The van der Waals surface area contributed by atoms with Crippen molar-refractivity contribution in [1.82, 2.24) is 5.32 Å². The Labute approximate surface area is 95.0 Å². The van der Waals surface area contributed by atoms with Gasteiger partial charge in [0.05, 0.1) is 0 Å². The highest BCUT2D eigenvalue weighted by molar-refractivity contribution is 5.08. The molecule has 0 aromatic carbocycles. The molecule has 88 valence electrons. The Bertz CT molecular complexity index is 206. The summed E-state index contributed by atoms with van der Waals surface area (Å²) in [5.41, 5.74) is 0.435. The molecule has 0 bridgehead atoms. The van der Waals surface area contributed by atoms with Crippen LogP contribution in [0.5, 0.6) is 0 Å². The fourth-order valence-corrected chi connectivity index (χ4v) is 3.69. The third-order valence-corrected chi connectivity index (χ3v) is 4.40.